The third-order valence-corrected chi connectivity index (χ3v) is 6.15. The molecule has 0 aromatic heterocycles. The summed E-state index contributed by atoms with van der Waals surface area (Å²) in [5.74, 6) is -0.325. The first kappa shape index (κ1) is 21.8. The number of rotatable bonds is 7. The minimum absolute atomic E-state index is 0.0114. The Bertz CT molecular complexity index is 1030. The van der Waals surface area contributed by atoms with Gasteiger partial charge in [-0.3, -0.25) is 14.4 Å². The number of carbonyl (C=O) groups is 3. The van der Waals surface area contributed by atoms with Gasteiger partial charge in [-0.05, 0) is 62.4 Å². The highest BCUT2D eigenvalue weighted by Crippen LogP contribution is 2.28. The number of para-hydroxylation sites is 1. The Balaban J connectivity index is 1.62. The van der Waals surface area contributed by atoms with Crippen LogP contribution in [-0.2, 0) is 9.59 Å². The lowest BCUT2D eigenvalue weighted by Crippen LogP contribution is -2.46. The van der Waals surface area contributed by atoms with E-state index in [1.807, 2.05) is 6.07 Å². The molecule has 2 aromatic carbocycles. The zero-order valence-electron chi connectivity index (χ0n) is 18.3. The third kappa shape index (κ3) is 4.59. The van der Waals surface area contributed by atoms with Gasteiger partial charge in [-0.25, -0.2) is 4.90 Å². The Morgan fingerprint density at radius 3 is 2.62 bits per heavy atom. The molecular weight excluding hydrogens is 404 g/mol. The molecule has 32 heavy (non-hydrogen) atoms. The third-order valence-electron chi connectivity index (χ3n) is 6.15. The number of carbonyl (C=O) groups excluding carboxylic acids is 3. The number of allylic oxidation sites excluding steroid dienone is 1. The first-order valence-corrected chi connectivity index (χ1v) is 11.1. The minimum Gasteiger partial charge on any atom is -0.497 e. The van der Waals surface area contributed by atoms with E-state index in [1.165, 1.54) is 16.9 Å². The first-order chi connectivity index (χ1) is 15.6. The molecule has 1 aliphatic heterocycles. The number of benzene rings is 2. The van der Waals surface area contributed by atoms with Gasteiger partial charge in [-0.15, -0.1) is 0 Å². The summed E-state index contributed by atoms with van der Waals surface area (Å²) in [7, 11) is 1.55. The fourth-order valence-corrected chi connectivity index (χ4v) is 4.42. The van der Waals surface area contributed by atoms with E-state index in [9.17, 15) is 14.4 Å². The first-order valence-electron chi connectivity index (χ1n) is 11.1. The van der Waals surface area contributed by atoms with Crippen LogP contribution in [0.4, 0.5) is 5.69 Å². The van der Waals surface area contributed by atoms with Gasteiger partial charge in [0, 0.05) is 12.1 Å². The van der Waals surface area contributed by atoms with Crippen LogP contribution in [-0.4, -0.2) is 42.3 Å². The van der Waals surface area contributed by atoms with Crippen molar-refractivity contribution in [1.82, 2.24) is 4.90 Å². The quantitative estimate of drug-likeness (QED) is 0.482. The number of anilines is 1. The molecule has 0 radical (unpaired) electrons. The van der Waals surface area contributed by atoms with Crippen LogP contribution >= 0.6 is 0 Å². The van der Waals surface area contributed by atoms with Gasteiger partial charge in [0.2, 0.25) is 5.91 Å². The van der Waals surface area contributed by atoms with Crippen LogP contribution in [0, 0.1) is 0 Å². The summed E-state index contributed by atoms with van der Waals surface area (Å²) in [5, 5.41) is 0. The lowest BCUT2D eigenvalue weighted by atomic mass is 9.96. The molecule has 3 amide bonds. The maximum Gasteiger partial charge on any atom is 0.257 e. The maximum absolute atomic E-state index is 13.5. The summed E-state index contributed by atoms with van der Waals surface area (Å²) < 4.78 is 5.27. The van der Waals surface area contributed by atoms with Crippen LogP contribution in [0.2, 0.25) is 0 Å². The molecular formula is C26H28N2O4. The molecule has 6 nitrogen and oxygen atoms in total. The molecule has 1 heterocycles. The molecule has 0 bridgehead atoms. The molecule has 6 heteroatoms. The van der Waals surface area contributed by atoms with Gasteiger partial charge < -0.3 is 9.64 Å². The molecule has 1 atom stereocenters. The zero-order chi connectivity index (χ0) is 22.5. The highest BCUT2D eigenvalue weighted by Gasteiger charge is 2.44. The molecule has 1 unspecified atom stereocenters. The van der Waals surface area contributed by atoms with Gasteiger partial charge in [0.05, 0.1) is 19.2 Å². The Labute approximate surface area is 188 Å². The maximum atomic E-state index is 13.5. The number of methoxy groups -OCH3 is 1. The van der Waals surface area contributed by atoms with Crippen molar-refractivity contribution in [3.63, 3.8) is 0 Å². The van der Waals surface area contributed by atoms with E-state index in [1.54, 1.807) is 60.5 Å². The molecule has 0 spiro atoms. The van der Waals surface area contributed by atoms with E-state index in [-0.39, 0.29) is 24.1 Å². The summed E-state index contributed by atoms with van der Waals surface area (Å²) in [5.41, 5.74) is 2.30. The van der Waals surface area contributed by atoms with Crippen molar-refractivity contribution in [3.8, 4) is 5.75 Å². The van der Waals surface area contributed by atoms with Gasteiger partial charge in [0.1, 0.15) is 11.8 Å². The van der Waals surface area contributed by atoms with Crippen LogP contribution in [0.3, 0.4) is 0 Å². The minimum atomic E-state index is -0.814. The molecule has 1 fully saturated rings. The van der Waals surface area contributed by atoms with Crippen molar-refractivity contribution in [2.45, 2.75) is 44.6 Å². The molecule has 4 rings (SSSR count). The number of amides is 3. The van der Waals surface area contributed by atoms with E-state index in [0.717, 1.165) is 19.3 Å². The number of nitrogens with zero attached hydrogens (tertiary/aromatic N) is 2. The van der Waals surface area contributed by atoms with Crippen molar-refractivity contribution >= 4 is 23.4 Å². The lowest BCUT2D eigenvalue weighted by molar-refractivity contribution is -0.122. The number of imide groups is 1. The fourth-order valence-electron chi connectivity index (χ4n) is 4.42. The Kier molecular flexibility index (Phi) is 6.69. The van der Waals surface area contributed by atoms with E-state index < -0.39 is 6.04 Å². The summed E-state index contributed by atoms with van der Waals surface area (Å²) in [6.07, 6.45) is 7.36. The van der Waals surface area contributed by atoms with Gasteiger partial charge in [-0.1, -0.05) is 35.9 Å². The molecule has 1 saturated heterocycles. The van der Waals surface area contributed by atoms with Crippen molar-refractivity contribution in [2.75, 3.05) is 18.6 Å². The number of ether oxygens (including phenoxy) is 1. The Morgan fingerprint density at radius 1 is 1.09 bits per heavy atom. The summed E-state index contributed by atoms with van der Waals surface area (Å²) in [4.78, 5) is 42.5. The van der Waals surface area contributed by atoms with Gasteiger partial charge in [-0.2, -0.15) is 0 Å². The van der Waals surface area contributed by atoms with Gasteiger partial charge in [0.15, 0.2) is 0 Å². The second-order valence-electron chi connectivity index (χ2n) is 8.21. The summed E-state index contributed by atoms with van der Waals surface area (Å²) in [6, 6.07) is 15.0. The SMILES string of the molecule is COc1cccc(C(=O)N(CCC2=CCCCC2)C2CC(=O)N(c3ccccc3)C2=O)c1. The highest BCUT2D eigenvalue weighted by atomic mass is 16.5. The normalized spacial score (nSPS) is 18.5. The molecule has 0 saturated carbocycles. The average Bonchev–Trinajstić information content (AvgIpc) is 3.13. The van der Waals surface area contributed by atoms with Crippen LogP contribution in [0.25, 0.3) is 0 Å². The average molecular weight is 433 g/mol. The van der Waals surface area contributed by atoms with Gasteiger partial charge >= 0.3 is 0 Å². The van der Waals surface area contributed by atoms with Crippen LogP contribution < -0.4 is 9.64 Å². The summed E-state index contributed by atoms with van der Waals surface area (Å²) in [6.45, 7) is 0.397. The molecule has 166 valence electrons. The van der Waals surface area contributed by atoms with E-state index >= 15 is 0 Å². The van der Waals surface area contributed by atoms with E-state index in [2.05, 4.69) is 6.08 Å². The van der Waals surface area contributed by atoms with E-state index in [0.29, 0.717) is 30.0 Å². The second kappa shape index (κ2) is 9.81. The highest BCUT2D eigenvalue weighted by molar-refractivity contribution is 6.23. The fraction of sp³-hybridized carbons (Fsp3) is 0.346. The lowest BCUT2D eigenvalue weighted by Gasteiger charge is -2.29. The van der Waals surface area contributed by atoms with E-state index in [4.69, 9.17) is 4.74 Å². The number of hydrogen-bond donors (Lipinski definition) is 0. The van der Waals surface area contributed by atoms with Crippen molar-refractivity contribution < 1.29 is 19.1 Å². The predicted molar refractivity (Wildman–Crippen MR) is 123 cm³/mol. The monoisotopic (exact) mass is 432 g/mol. The molecule has 2 aromatic rings. The largest absolute Gasteiger partial charge is 0.497 e. The summed E-state index contributed by atoms with van der Waals surface area (Å²) >= 11 is 0. The molecule has 2 aliphatic rings. The number of hydrogen-bond acceptors (Lipinski definition) is 4. The molecule has 0 N–H and O–H groups in total. The zero-order valence-corrected chi connectivity index (χ0v) is 18.3. The van der Waals surface area contributed by atoms with Crippen molar-refractivity contribution in [1.29, 1.82) is 0 Å². The molecule has 1 aliphatic carbocycles. The van der Waals surface area contributed by atoms with Crippen LogP contribution in [0.15, 0.2) is 66.2 Å². The Hall–Kier alpha value is -3.41. The van der Waals surface area contributed by atoms with Crippen LogP contribution in [0.5, 0.6) is 5.75 Å². The predicted octanol–water partition coefficient (Wildman–Crippen LogP) is 4.36. The second-order valence-corrected chi connectivity index (χ2v) is 8.21. The smallest absolute Gasteiger partial charge is 0.257 e. The van der Waals surface area contributed by atoms with Gasteiger partial charge in [0.25, 0.3) is 11.8 Å². The Morgan fingerprint density at radius 2 is 1.91 bits per heavy atom. The topological polar surface area (TPSA) is 66.9 Å². The van der Waals surface area contributed by atoms with Crippen LogP contribution in [0.1, 0.15) is 48.9 Å². The van der Waals surface area contributed by atoms with Crippen molar-refractivity contribution in [2.24, 2.45) is 0 Å². The standard InChI is InChI=1S/C26H28N2O4/c1-32-22-14-8-11-20(17-22)25(30)27(16-15-19-9-4-2-5-10-19)23-18-24(29)28(26(23)31)21-12-6-3-7-13-21/h3,6-9,11-14,17,23H,2,4-5,10,15-16,18H2,1H3. The van der Waals surface area contributed by atoms with Crippen molar-refractivity contribution in [3.05, 3.63) is 71.8 Å².